The smallest absolute Gasteiger partial charge is 0.0625 e. The lowest BCUT2D eigenvalue weighted by atomic mass is 9.94. The zero-order valence-electron chi connectivity index (χ0n) is 34.0. The first-order valence-corrected chi connectivity index (χ1v) is 21.3. The van der Waals surface area contributed by atoms with Gasteiger partial charge in [0.1, 0.15) is 0 Å². The Kier molecular flexibility index (Phi) is 8.53. The summed E-state index contributed by atoms with van der Waals surface area (Å²) in [5, 5.41) is 9.89. The minimum atomic E-state index is 1.08. The third kappa shape index (κ3) is 6.04. The van der Waals surface area contributed by atoms with E-state index in [1.807, 2.05) is 0 Å². The van der Waals surface area contributed by atoms with Crippen molar-refractivity contribution < 1.29 is 0 Å². The summed E-state index contributed by atoms with van der Waals surface area (Å²) in [6.07, 6.45) is 0. The second kappa shape index (κ2) is 14.8. The first-order valence-electron chi connectivity index (χ1n) is 21.3. The van der Waals surface area contributed by atoms with Crippen LogP contribution in [-0.4, -0.2) is 4.57 Å². The molecular weight excluding hydrogens is 749 g/mol. The summed E-state index contributed by atoms with van der Waals surface area (Å²) in [5.41, 5.74) is 13.9. The fourth-order valence-corrected chi connectivity index (χ4v) is 9.64. The molecule has 0 fully saturated rings. The van der Waals surface area contributed by atoms with Gasteiger partial charge in [0.05, 0.1) is 11.0 Å². The van der Waals surface area contributed by atoms with E-state index in [1.54, 1.807) is 0 Å². The van der Waals surface area contributed by atoms with Crippen LogP contribution >= 0.6 is 0 Å². The van der Waals surface area contributed by atoms with Gasteiger partial charge in [-0.15, -0.1) is 0 Å². The Hall–Kier alpha value is -8.20. The average molecular weight is 789 g/mol. The first-order chi connectivity index (χ1) is 30.7. The number of hydrogen-bond acceptors (Lipinski definition) is 1. The van der Waals surface area contributed by atoms with Crippen molar-refractivity contribution >= 4 is 71.2 Å². The molecule has 1 aromatic heterocycles. The van der Waals surface area contributed by atoms with E-state index in [9.17, 15) is 0 Å². The van der Waals surface area contributed by atoms with Crippen LogP contribution in [0.4, 0.5) is 17.1 Å². The summed E-state index contributed by atoms with van der Waals surface area (Å²) in [7, 11) is 0. The van der Waals surface area contributed by atoms with Crippen LogP contribution in [0.15, 0.2) is 243 Å². The Labute approximate surface area is 360 Å². The lowest BCUT2D eigenvalue weighted by molar-refractivity contribution is 1.19. The fraction of sp³-hybridized carbons (Fsp3) is 0. The fourth-order valence-electron chi connectivity index (χ4n) is 9.64. The van der Waals surface area contributed by atoms with Crippen molar-refractivity contribution in [3.05, 3.63) is 243 Å². The van der Waals surface area contributed by atoms with Gasteiger partial charge in [0.25, 0.3) is 0 Å². The van der Waals surface area contributed by atoms with E-state index in [0.717, 1.165) is 28.3 Å². The number of rotatable bonds is 7. The summed E-state index contributed by atoms with van der Waals surface area (Å²) in [5.74, 6) is 0. The molecule has 11 aromatic carbocycles. The van der Waals surface area contributed by atoms with E-state index in [-0.39, 0.29) is 0 Å². The van der Waals surface area contributed by atoms with Crippen LogP contribution in [0.5, 0.6) is 0 Å². The monoisotopic (exact) mass is 788 g/mol. The molecule has 62 heavy (non-hydrogen) atoms. The van der Waals surface area contributed by atoms with Crippen LogP contribution in [-0.2, 0) is 0 Å². The van der Waals surface area contributed by atoms with Crippen molar-refractivity contribution in [2.45, 2.75) is 0 Å². The summed E-state index contributed by atoms with van der Waals surface area (Å²) >= 11 is 0. The molecule has 0 amide bonds. The van der Waals surface area contributed by atoms with Crippen LogP contribution in [0.1, 0.15) is 0 Å². The summed E-state index contributed by atoms with van der Waals surface area (Å²) in [6, 6.07) is 88.7. The predicted octanol–water partition coefficient (Wildman–Crippen LogP) is 16.7. The first kappa shape index (κ1) is 35.7. The molecule has 0 saturated heterocycles. The Morgan fingerprint density at radius 1 is 0.290 bits per heavy atom. The summed E-state index contributed by atoms with van der Waals surface area (Å²) in [4.78, 5) is 2.45. The topological polar surface area (TPSA) is 8.17 Å². The SMILES string of the molecule is c1ccc(-c2cc(-c3ccccc3)cc(N(c3cccc(-c4cc5ccccc5c5c4c4ccccc4n5-c4ccccc4)c3)c3ccc4c(ccc5ccccc54)c3)c2)cc1. The van der Waals surface area contributed by atoms with Crippen LogP contribution in [0, 0.1) is 0 Å². The maximum atomic E-state index is 2.45. The molecule has 0 aliphatic carbocycles. The molecule has 0 N–H and O–H groups in total. The van der Waals surface area contributed by atoms with Crippen molar-refractivity contribution in [3.63, 3.8) is 0 Å². The molecule has 0 unspecified atom stereocenters. The molecule has 0 spiro atoms. The maximum Gasteiger partial charge on any atom is 0.0625 e. The van der Waals surface area contributed by atoms with Crippen LogP contribution in [0.3, 0.4) is 0 Å². The molecule has 290 valence electrons. The number of nitrogens with zero attached hydrogens (tertiary/aromatic N) is 2. The summed E-state index contributed by atoms with van der Waals surface area (Å²) in [6.45, 7) is 0. The van der Waals surface area contributed by atoms with E-state index in [4.69, 9.17) is 0 Å². The van der Waals surface area contributed by atoms with Crippen molar-refractivity contribution in [1.29, 1.82) is 0 Å². The van der Waals surface area contributed by atoms with Gasteiger partial charge < -0.3 is 9.47 Å². The Balaban J connectivity index is 1.13. The Morgan fingerprint density at radius 2 is 0.823 bits per heavy atom. The van der Waals surface area contributed by atoms with Gasteiger partial charge in [0.15, 0.2) is 0 Å². The van der Waals surface area contributed by atoms with Crippen molar-refractivity contribution in [1.82, 2.24) is 4.57 Å². The molecule has 12 aromatic rings. The molecule has 0 aliphatic heterocycles. The number of para-hydroxylation sites is 2. The van der Waals surface area contributed by atoms with Gasteiger partial charge in [0, 0.05) is 38.9 Å². The molecule has 0 atom stereocenters. The van der Waals surface area contributed by atoms with Gasteiger partial charge in [-0.05, 0) is 127 Å². The van der Waals surface area contributed by atoms with Crippen LogP contribution in [0.25, 0.3) is 93.2 Å². The zero-order chi connectivity index (χ0) is 41.0. The normalized spacial score (nSPS) is 11.5. The number of fused-ring (bicyclic) bond motifs is 8. The highest BCUT2D eigenvalue weighted by Gasteiger charge is 2.22. The number of benzene rings is 11. The van der Waals surface area contributed by atoms with Crippen molar-refractivity contribution in [3.8, 4) is 39.1 Å². The minimum absolute atomic E-state index is 1.08. The molecule has 12 rings (SSSR count). The van der Waals surface area contributed by atoms with Gasteiger partial charge in [-0.2, -0.15) is 0 Å². The second-order valence-corrected chi connectivity index (χ2v) is 16.1. The molecule has 0 bridgehead atoms. The van der Waals surface area contributed by atoms with Gasteiger partial charge in [-0.3, -0.25) is 0 Å². The van der Waals surface area contributed by atoms with E-state index < -0.39 is 0 Å². The predicted molar refractivity (Wildman–Crippen MR) is 264 cm³/mol. The Morgan fingerprint density at radius 3 is 1.56 bits per heavy atom. The maximum absolute atomic E-state index is 2.45. The van der Waals surface area contributed by atoms with Crippen molar-refractivity contribution in [2.24, 2.45) is 0 Å². The van der Waals surface area contributed by atoms with E-state index in [2.05, 4.69) is 252 Å². The quantitative estimate of drug-likeness (QED) is 0.146. The highest BCUT2D eigenvalue weighted by molar-refractivity contribution is 6.24. The van der Waals surface area contributed by atoms with E-state index >= 15 is 0 Å². The largest absolute Gasteiger partial charge is 0.310 e. The molecule has 0 saturated carbocycles. The second-order valence-electron chi connectivity index (χ2n) is 16.1. The lowest BCUT2D eigenvalue weighted by Crippen LogP contribution is -2.10. The third-order valence-corrected chi connectivity index (χ3v) is 12.5. The van der Waals surface area contributed by atoms with Gasteiger partial charge in [-0.25, -0.2) is 0 Å². The number of aromatic nitrogens is 1. The minimum Gasteiger partial charge on any atom is -0.310 e. The molecule has 2 nitrogen and oxygen atoms in total. The average Bonchev–Trinajstić information content (AvgIpc) is 3.70. The highest BCUT2D eigenvalue weighted by atomic mass is 15.1. The highest BCUT2D eigenvalue weighted by Crippen LogP contribution is 2.46. The van der Waals surface area contributed by atoms with Crippen LogP contribution in [0.2, 0.25) is 0 Å². The van der Waals surface area contributed by atoms with Gasteiger partial charge in [-0.1, -0.05) is 176 Å². The zero-order valence-corrected chi connectivity index (χ0v) is 34.0. The van der Waals surface area contributed by atoms with Crippen molar-refractivity contribution in [2.75, 3.05) is 4.90 Å². The molecule has 0 radical (unpaired) electrons. The Bertz CT molecular complexity index is 3570. The number of hydrogen-bond donors (Lipinski definition) is 0. The lowest BCUT2D eigenvalue weighted by Gasteiger charge is -2.28. The molecule has 0 aliphatic rings. The van der Waals surface area contributed by atoms with E-state index in [0.29, 0.717) is 0 Å². The van der Waals surface area contributed by atoms with Gasteiger partial charge >= 0.3 is 0 Å². The molecule has 1 heterocycles. The standard InChI is InChI=1S/C60H40N2/c1-4-17-41(18-5-1)47-35-48(42-19-6-2-7-20-42)39-52(38-47)61(51-33-34-54-46(37-51)32-31-43-21-10-12-27-53(43)54)50-26-16-23-44(36-50)57-40-45-22-11-13-28-55(45)60-59(57)56-29-14-15-30-58(56)62(60)49-24-8-3-9-25-49/h1-40H. The molecule has 2 heteroatoms. The third-order valence-electron chi connectivity index (χ3n) is 12.5. The molecular formula is C60H40N2. The van der Waals surface area contributed by atoms with Crippen LogP contribution < -0.4 is 4.90 Å². The summed E-state index contributed by atoms with van der Waals surface area (Å²) < 4.78 is 2.45. The van der Waals surface area contributed by atoms with Gasteiger partial charge in [0.2, 0.25) is 0 Å². The van der Waals surface area contributed by atoms with E-state index in [1.165, 1.54) is 81.9 Å². The number of anilines is 3.